The average molecular weight is 440 g/mol. The molecule has 4 rings (SSSR count). The third kappa shape index (κ3) is 4.07. The summed E-state index contributed by atoms with van der Waals surface area (Å²) in [5, 5.41) is 10.0. The fourth-order valence-electron chi connectivity index (χ4n) is 3.57. The summed E-state index contributed by atoms with van der Waals surface area (Å²) in [7, 11) is 3.22. The molecule has 4 aromatic rings. The van der Waals surface area contributed by atoms with Crippen LogP contribution in [0.5, 0.6) is 11.5 Å². The number of hydrogen-bond donors (Lipinski definition) is 1. The Hall–Kier alpha value is -3.13. The first kappa shape index (κ1) is 21.1. The number of nitrogens with zero attached hydrogens (tertiary/aromatic N) is 3. The van der Waals surface area contributed by atoms with Gasteiger partial charge in [0, 0.05) is 16.7 Å². The van der Waals surface area contributed by atoms with Crippen LogP contribution in [0.2, 0.25) is 0 Å². The van der Waals surface area contributed by atoms with Gasteiger partial charge in [-0.2, -0.15) is 4.57 Å². The number of thioether (sulfide) groups is 1. The fourth-order valence-corrected chi connectivity index (χ4v) is 4.22. The number of rotatable bonds is 7. The minimum Gasteiger partial charge on any atom is -0.493 e. The lowest BCUT2D eigenvalue weighted by atomic mass is 10.0. The van der Waals surface area contributed by atoms with Gasteiger partial charge in [-0.25, -0.2) is 4.39 Å². The van der Waals surface area contributed by atoms with Crippen LogP contribution in [-0.2, 0) is 0 Å². The van der Waals surface area contributed by atoms with Gasteiger partial charge in [-0.1, -0.05) is 23.8 Å². The molecule has 0 aliphatic heterocycles. The number of fused-ring (bicyclic) bond motifs is 1. The van der Waals surface area contributed by atoms with Crippen molar-refractivity contribution in [1.29, 1.82) is 0 Å². The Morgan fingerprint density at radius 3 is 2.45 bits per heavy atom. The maximum absolute atomic E-state index is 13.7. The minimum absolute atomic E-state index is 0.288. The monoisotopic (exact) mass is 439 g/mol. The lowest BCUT2D eigenvalue weighted by Gasteiger charge is -2.15. The molecule has 0 aliphatic carbocycles. The normalized spacial score (nSPS) is 11.1. The zero-order valence-corrected chi connectivity index (χ0v) is 18.7. The van der Waals surface area contributed by atoms with Crippen LogP contribution < -0.4 is 14.0 Å². The van der Waals surface area contributed by atoms with Crippen LogP contribution in [-0.4, -0.2) is 35.2 Å². The van der Waals surface area contributed by atoms with Gasteiger partial charge in [0.05, 0.1) is 19.9 Å². The smallest absolute Gasteiger partial charge is 0.423 e. The summed E-state index contributed by atoms with van der Waals surface area (Å²) in [6.07, 6.45) is 1.04. The molecule has 0 radical (unpaired) electrons. The summed E-state index contributed by atoms with van der Waals surface area (Å²) in [6, 6.07) is 12.4. The van der Waals surface area contributed by atoms with Crippen LogP contribution in [0.25, 0.3) is 28.0 Å². The molecule has 1 N–H and O–H groups in total. The number of hydrogen-bond acceptors (Lipinski definition) is 5. The van der Waals surface area contributed by atoms with Crippen molar-refractivity contribution in [2.45, 2.75) is 25.4 Å². The summed E-state index contributed by atoms with van der Waals surface area (Å²) in [5.74, 6) is 2.53. The van der Waals surface area contributed by atoms with Crippen LogP contribution in [0.4, 0.5) is 4.39 Å². The quantitative estimate of drug-likeness (QED) is 0.329. The van der Waals surface area contributed by atoms with Crippen molar-refractivity contribution in [1.82, 2.24) is 15.2 Å². The number of ether oxygens (including phenoxy) is 2. The van der Waals surface area contributed by atoms with Crippen LogP contribution in [0.1, 0.15) is 19.0 Å². The molecule has 2 aromatic heterocycles. The Labute approximate surface area is 184 Å². The Balaban J connectivity index is 2.02. The zero-order valence-electron chi connectivity index (χ0n) is 17.9. The summed E-state index contributed by atoms with van der Waals surface area (Å²) in [5.41, 5.74) is 2.66. The highest BCUT2D eigenvalue weighted by Crippen LogP contribution is 2.36. The molecule has 2 aromatic carbocycles. The van der Waals surface area contributed by atoms with Crippen molar-refractivity contribution in [2.75, 3.05) is 20.0 Å². The molecular weight excluding hydrogens is 415 g/mol. The molecule has 0 spiro atoms. The molecule has 160 valence electrons. The van der Waals surface area contributed by atoms with Crippen LogP contribution in [0.3, 0.4) is 0 Å². The van der Waals surface area contributed by atoms with Crippen molar-refractivity contribution in [3.8, 4) is 28.7 Å². The molecule has 0 unspecified atom stereocenters. The first-order valence-electron chi connectivity index (χ1n) is 9.98. The third-order valence-electron chi connectivity index (χ3n) is 4.97. The Morgan fingerprint density at radius 2 is 1.77 bits per heavy atom. The summed E-state index contributed by atoms with van der Waals surface area (Å²) in [6.45, 7) is 4.13. The molecule has 0 amide bonds. The van der Waals surface area contributed by atoms with E-state index in [2.05, 4.69) is 23.2 Å². The van der Waals surface area contributed by atoms with Gasteiger partial charge in [0.25, 0.3) is 5.16 Å². The van der Waals surface area contributed by atoms with E-state index in [1.807, 2.05) is 23.6 Å². The van der Waals surface area contributed by atoms with Crippen molar-refractivity contribution >= 4 is 22.5 Å². The molecular formula is C23H24FN4O2S+. The second-order valence-corrected chi connectivity index (χ2v) is 8.12. The van der Waals surface area contributed by atoms with E-state index in [1.165, 1.54) is 12.1 Å². The number of benzene rings is 2. The second kappa shape index (κ2) is 8.93. The van der Waals surface area contributed by atoms with E-state index in [0.29, 0.717) is 22.6 Å². The number of aryl methyl sites for hydroxylation is 1. The molecule has 0 atom stereocenters. The van der Waals surface area contributed by atoms with Gasteiger partial charge in [0.2, 0.25) is 0 Å². The number of H-pyrrole nitrogens is 1. The Bertz CT molecular complexity index is 1220. The van der Waals surface area contributed by atoms with Gasteiger partial charge in [0.15, 0.2) is 11.5 Å². The van der Waals surface area contributed by atoms with Gasteiger partial charge in [0.1, 0.15) is 11.5 Å². The van der Waals surface area contributed by atoms with Crippen LogP contribution >= 0.6 is 11.8 Å². The van der Waals surface area contributed by atoms with Crippen molar-refractivity contribution in [3.63, 3.8) is 0 Å². The average Bonchev–Trinajstić information content (AvgIpc) is 3.25. The maximum atomic E-state index is 13.7. The number of aromatic amines is 1. The molecule has 0 saturated heterocycles. The predicted octanol–water partition coefficient (Wildman–Crippen LogP) is 4.87. The highest BCUT2D eigenvalue weighted by atomic mass is 32.2. The minimum atomic E-state index is -0.288. The molecule has 6 nitrogen and oxygen atoms in total. The number of pyridine rings is 1. The molecule has 0 bridgehead atoms. The van der Waals surface area contributed by atoms with E-state index < -0.39 is 0 Å². The maximum Gasteiger partial charge on any atom is 0.423 e. The lowest BCUT2D eigenvalue weighted by molar-refractivity contribution is -0.597. The van der Waals surface area contributed by atoms with Crippen molar-refractivity contribution in [3.05, 3.63) is 54.0 Å². The van der Waals surface area contributed by atoms with Gasteiger partial charge < -0.3 is 9.47 Å². The van der Waals surface area contributed by atoms with E-state index in [0.717, 1.165) is 39.9 Å². The van der Waals surface area contributed by atoms with E-state index in [1.54, 1.807) is 38.1 Å². The summed E-state index contributed by atoms with van der Waals surface area (Å²) in [4.78, 5) is 4.69. The lowest BCUT2D eigenvalue weighted by Crippen LogP contribution is -2.38. The molecule has 31 heavy (non-hydrogen) atoms. The number of halogens is 1. The summed E-state index contributed by atoms with van der Waals surface area (Å²) >= 11 is 1.61. The molecule has 0 fully saturated rings. The van der Waals surface area contributed by atoms with E-state index >= 15 is 0 Å². The van der Waals surface area contributed by atoms with Gasteiger partial charge >= 0.3 is 5.95 Å². The van der Waals surface area contributed by atoms with E-state index in [9.17, 15) is 4.39 Å². The zero-order chi connectivity index (χ0) is 22.0. The van der Waals surface area contributed by atoms with E-state index in [4.69, 9.17) is 14.5 Å². The first-order chi connectivity index (χ1) is 15.0. The summed E-state index contributed by atoms with van der Waals surface area (Å²) < 4.78 is 26.7. The third-order valence-corrected chi connectivity index (χ3v) is 6.02. The second-order valence-electron chi connectivity index (χ2n) is 7.06. The fraction of sp³-hybridized carbons (Fsp3) is 0.261. The van der Waals surface area contributed by atoms with Crippen LogP contribution in [0.15, 0.2) is 47.6 Å². The largest absolute Gasteiger partial charge is 0.493 e. The molecule has 0 saturated carbocycles. The first-order valence-corrected chi connectivity index (χ1v) is 11.0. The molecule has 8 heteroatoms. The number of nitrogens with one attached hydrogen (secondary N) is 1. The highest BCUT2D eigenvalue weighted by molar-refractivity contribution is 7.99. The highest BCUT2D eigenvalue weighted by Gasteiger charge is 2.24. The van der Waals surface area contributed by atoms with Gasteiger partial charge in [-0.05, 0) is 66.2 Å². The standard InChI is InChI=1S/C23H24FN4O2S/c1-5-10-31-23-25-22(26-27-23)28-14(2)11-16-12-19(29-3)20(30-4)13-18(16)21(28)15-6-8-17(24)9-7-15/h6-9,11-13H,5,10H2,1-4H3,(H,25,26,27)/q+1. The van der Waals surface area contributed by atoms with Crippen molar-refractivity contribution < 1.29 is 18.4 Å². The SMILES string of the molecule is CCCSc1n[nH]c(-[n+]2c(C)cc3cc(OC)c(OC)cc3c2-c2ccc(F)cc2)n1. The number of methoxy groups -OCH3 is 2. The van der Waals surface area contributed by atoms with Crippen molar-refractivity contribution in [2.24, 2.45) is 0 Å². The number of aromatic nitrogens is 4. The Morgan fingerprint density at radius 1 is 1.06 bits per heavy atom. The molecule has 2 heterocycles. The van der Waals surface area contributed by atoms with Gasteiger partial charge in [-0.3, -0.25) is 0 Å². The van der Waals surface area contributed by atoms with E-state index in [-0.39, 0.29) is 5.82 Å². The Kier molecular flexibility index (Phi) is 6.08. The predicted molar refractivity (Wildman–Crippen MR) is 120 cm³/mol. The van der Waals surface area contributed by atoms with Gasteiger partial charge in [-0.15, -0.1) is 5.10 Å². The topological polar surface area (TPSA) is 63.9 Å². The van der Waals surface area contributed by atoms with Crippen LogP contribution in [0, 0.1) is 12.7 Å². The molecule has 0 aliphatic rings.